The summed E-state index contributed by atoms with van der Waals surface area (Å²) in [6, 6.07) is 0.886. The zero-order valence-electron chi connectivity index (χ0n) is 9.74. The summed E-state index contributed by atoms with van der Waals surface area (Å²) in [6.07, 6.45) is 4.05. The molecule has 16 heavy (non-hydrogen) atoms. The molecule has 1 unspecified atom stereocenters. The molecule has 2 aliphatic heterocycles. The van der Waals surface area contributed by atoms with Gasteiger partial charge in [0.05, 0.1) is 5.92 Å². The van der Waals surface area contributed by atoms with Crippen LogP contribution in [0.2, 0.25) is 0 Å². The Morgan fingerprint density at radius 2 is 2.12 bits per heavy atom. The van der Waals surface area contributed by atoms with Gasteiger partial charge in [-0.05, 0) is 31.7 Å². The minimum Gasteiger partial charge on any atom is -0.355 e. The molecule has 3 rings (SSSR count). The van der Waals surface area contributed by atoms with Crippen LogP contribution >= 0.6 is 0 Å². The van der Waals surface area contributed by atoms with Gasteiger partial charge in [-0.2, -0.15) is 0 Å². The van der Waals surface area contributed by atoms with Gasteiger partial charge in [0.1, 0.15) is 0 Å². The van der Waals surface area contributed by atoms with Crippen molar-refractivity contribution in [2.24, 2.45) is 11.8 Å². The van der Waals surface area contributed by atoms with Crippen molar-refractivity contribution < 1.29 is 4.79 Å². The van der Waals surface area contributed by atoms with Gasteiger partial charge in [0.2, 0.25) is 5.91 Å². The largest absolute Gasteiger partial charge is 0.355 e. The third-order valence-electron chi connectivity index (χ3n) is 4.10. The van der Waals surface area contributed by atoms with Gasteiger partial charge < -0.3 is 15.5 Å². The lowest BCUT2D eigenvalue weighted by Crippen LogP contribution is -2.51. The lowest BCUT2D eigenvalue weighted by Gasteiger charge is -2.26. The van der Waals surface area contributed by atoms with E-state index in [0.717, 1.165) is 25.7 Å². The van der Waals surface area contributed by atoms with E-state index in [4.69, 9.17) is 0 Å². The molecule has 0 aromatic heterocycles. The first-order valence-electron chi connectivity index (χ1n) is 6.55. The normalized spacial score (nSPS) is 31.4. The molecule has 3 aliphatic rings. The topological polar surface area (TPSA) is 44.4 Å². The molecule has 0 spiro atoms. The Hall–Kier alpha value is -0.610. The summed E-state index contributed by atoms with van der Waals surface area (Å²) in [5.74, 6) is 1.18. The summed E-state index contributed by atoms with van der Waals surface area (Å²) in [4.78, 5) is 14.2. The molecule has 2 heterocycles. The Bertz CT molecular complexity index is 273. The monoisotopic (exact) mass is 223 g/mol. The van der Waals surface area contributed by atoms with E-state index >= 15 is 0 Å². The van der Waals surface area contributed by atoms with Gasteiger partial charge in [-0.1, -0.05) is 0 Å². The number of hydrogen-bond donors (Lipinski definition) is 2. The third-order valence-corrected chi connectivity index (χ3v) is 4.10. The van der Waals surface area contributed by atoms with E-state index in [-0.39, 0.29) is 11.8 Å². The van der Waals surface area contributed by atoms with Crippen LogP contribution in [0, 0.1) is 11.8 Å². The van der Waals surface area contributed by atoms with E-state index in [0.29, 0.717) is 5.92 Å². The maximum atomic E-state index is 11.6. The standard InChI is InChI=1S/C12H21N3O/c16-12(10-6-13-7-10)14-5-9-3-4-15(8-9)11-1-2-11/h9-11,13H,1-8H2,(H,14,16). The molecular formula is C12H21N3O. The van der Waals surface area contributed by atoms with Gasteiger partial charge in [0.25, 0.3) is 0 Å². The zero-order chi connectivity index (χ0) is 11.0. The number of hydrogen-bond acceptors (Lipinski definition) is 3. The predicted octanol–water partition coefficient (Wildman–Crippen LogP) is -0.194. The highest BCUT2D eigenvalue weighted by atomic mass is 16.2. The fourth-order valence-corrected chi connectivity index (χ4v) is 2.66. The average molecular weight is 223 g/mol. The van der Waals surface area contributed by atoms with Crippen molar-refractivity contribution in [2.75, 3.05) is 32.7 Å². The van der Waals surface area contributed by atoms with Crippen LogP contribution in [0.25, 0.3) is 0 Å². The van der Waals surface area contributed by atoms with E-state index < -0.39 is 0 Å². The molecule has 1 amide bonds. The number of amides is 1. The number of carbonyl (C=O) groups is 1. The Kier molecular flexibility index (Phi) is 2.86. The highest BCUT2D eigenvalue weighted by Crippen LogP contribution is 2.31. The first-order valence-corrected chi connectivity index (χ1v) is 6.55. The highest BCUT2D eigenvalue weighted by Gasteiger charge is 2.34. The maximum absolute atomic E-state index is 11.6. The van der Waals surface area contributed by atoms with Crippen LogP contribution in [-0.2, 0) is 4.79 Å². The molecule has 4 heteroatoms. The quantitative estimate of drug-likeness (QED) is 0.694. The van der Waals surface area contributed by atoms with Crippen LogP contribution in [0.15, 0.2) is 0 Å². The Morgan fingerprint density at radius 3 is 2.75 bits per heavy atom. The SMILES string of the molecule is O=C(NCC1CCN(C2CC2)C1)C1CNC1. The summed E-state index contributed by atoms with van der Waals surface area (Å²) >= 11 is 0. The van der Waals surface area contributed by atoms with Gasteiger partial charge in [-0.25, -0.2) is 0 Å². The van der Waals surface area contributed by atoms with E-state index in [1.807, 2.05) is 0 Å². The van der Waals surface area contributed by atoms with Crippen molar-refractivity contribution in [3.63, 3.8) is 0 Å². The predicted molar refractivity (Wildman–Crippen MR) is 62.1 cm³/mol. The number of likely N-dealkylation sites (tertiary alicyclic amines) is 1. The van der Waals surface area contributed by atoms with Crippen LogP contribution in [0.5, 0.6) is 0 Å². The van der Waals surface area contributed by atoms with Crippen LogP contribution in [0.4, 0.5) is 0 Å². The summed E-state index contributed by atoms with van der Waals surface area (Å²) < 4.78 is 0. The molecule has 1 saturated carbocycles. The van der Waals surface area contributed by atoms with E-state index in [1.165, 1.54) is 32.4 Å². The van der Waals surface area contributed by atoms with E-state index in [2.05, 4.69) is 15.5 Å². The summed E-state index contributed by atoms with van der Waals surface area (Å²) in [6.45, 7) is 5.07. The lowest BCUT2D eigenvalue weighted by molar-refractivity contribution is -0.126. The summed E-state index contributed by atoms with van der Waals surface area (Å²) in [5, 5.41) is 6.23. The van der Waals surface area contributed by atoms with E-state index in [9.17, 15) is 4.79 Å². The molecule has 0 radical (unpaired) electrons. The highest BCUT2D eigenvalue weighted by molar-refractivity contribution is 5.79. The second kappa shape index (κ2) is 4.34. The van der Waals surface area contributed by atoms with Gasteiger partial charge in [0, 0.05) is 32.2 Å². The van der Waals surface area contributed by atoms with Crippen LogP contribution in [0.3, 0.4) is 0 Å². The Labute approximate surface area is 96.8 Å². The Balaban J connectivity index is 1.37. The third kappa shape index (κ3) is 2.23. The molecule has 2 N–H and O–H groups in total. The van der Waals surface area contributed by atoms with Crippen molar-refractivity contribution >= 4 is 5.91 Å². The maximum Gasteiger partial charge on any atom is 0.225 e. The van der Waals surface area contributed by atoms with Gasteiger partial charge >= 0.3 is 0 Å². The number of rotatable bonds is 4. The first-order chi connectivity index (χ1) is 7.83. The number of nitrogens with zero attached hydrogens (tertiary/aromatic N) is 1. The van der Waals surface area contributed by atoms with Crippen molar-refractivity contribution in [1.29, 1.82) is 0 Å². The van der Waals surface area contributed by atoms with Crippen LogP contribution in [0.1, 0.15) is 19.3 Å². The molecule has 3 fully saturated rings. The molecule has 2 saturated heterocycles. The summed E-state index contributed by atoms with van der Waals surface area (Å²) in [7, 11) is 0. The second-order valence-corrected chi connectivity index (χ2v) is 5.48. The fraction of sp³-hybridized carbons (Fsp3) is 0.917. The van der Waals surface area contributed by atoms with Gasteiger partial charge in [-0.15, -0.1) is 0 Å². The van der Waals surface area contributed by atoms with Gasteiger partial charge in [0.15, 0.2) is 0 Å². The summed E-state index contributed by atoms with van der Waals surface area (Å²) in [5.41, 5.74) is 0. The fourth-order valence-electron chi connectivity index (χ4n) is 2.66. The average Bonchev–Trinajstić information content (AvgIpc) is 2.93. The molecule has 0 aromatic rings. The number of nitrogens with one attached hydrogen (secondary N) is 2. The molecule has 90 valence electrons. The van der Waals surface area contributed by atoms with Crippen molar-refractivity contribution in [3.8, 4) is 0 Å². The second-order valence-electron chi connectivity index (χ2n) is 5.48. The molecule has 0 bridgehead atoms. The molecule has 4 nitrogen and oxygen atoms in total. The van der Waals surface area contributed by atoms with Crippen molar-refractivity contribution in [2.45, 2.75) is 25.3 Å². The molecular weight excluding hydrogens is 202 g/mol. The molecule has 0 aromatic carbocycles. The van der Waals surface area contributed by atoms with Crippen LogP contribution in [-0.4, -0.2) is 49.6 Å². The number of carbonyl (C=O) groups excluding carboxylic acids is 1. The lowest BCUT2D eigenvalue weighted by atomic mass is 10.0. The minimum absolute atomic E-state index is 0.237. The van der Waals surface area contributed by atoms with Crippen LogP contribution < -0.4 is 10.6 Å². The molecule has 1 atom stereocenters. The smallest absolute Gasteiger partial charge is 0.225 e. The van der Waals surface area contributed by atoms with E-state index in [1.54, 1.807) is 0 Å². The van der Waals surface area contributed by atoms with Gasteiger partial charge in [-0.3, -0.25) is 4.79 Å². The molecule has 1 aliphatic carbocycles. The minimum atomic E-state index is 0.237. The van der Waals surface area contributed by atoms with Crippen molar-refractivity contribution in [3.05, 3.63) is 0 Å². The first kappa shape index (κ1) is 10.5. The zero-order valence-corrected chi connectivity index (χ0v) is 9.74. The Morgan fingerprint density at radius 1 is 1.31 bits per heavy atom. The van der Waals surface area contributed by atoms with Crippen molar-refractivity contribution in [1.82, 2.24) is 15.5 Å².